The summed E-state index contributed by atoms with van der Waals surface area (Å²) in [5.41, 5.74) is 0. The fourth-order valence-corrected chi connectivity index (χ4v) is 2.24. The third-order valence-corrected chi connectivity index (χ3v) is 3.21. The molecule has 0 unspecified atom stereocenters. The first-order chi connectivity index (χ1) is 7.72. The third kappa shape index (κ3) is 5.50. The van der Waals surface area contributed by atoms with Gasteiger partial charge in [-0.1, -0.05) is 26.2 Å². The van der Waals surface area contributed by atoms with Crippen molar-refractivity contribution in [3.8, 4) is 0 Å². The van der Waals surface area contributed by atoms with E-state index < -0.39 is 0 Å². The molecule has 94 valence electrons. The molecule has 0 radical (unpaired) electrons. The van der Waals surface area contributed by atoms with Gasteiger partial charge in [0.1, 0.15) is 0 Å². The molecule has 0 aromatic rings. The maximum absolute atomic E-state index is 11.7. The van der Waals surface area contributed by atoms with Crippen LogP contribution in [0, 0.1) is 0 Å². The number of likely N-dealkylation sites (tertiary alicyclic amines) is 1. The van der Waals surface area contributed by atoms with E-state index >= 15 is 0 Å². The van der Waals surface area contributed by atoms with Crippen molar-refractivity contribution in [3.63, 3.8) is 0 Å². The van der Waals surface area contributed by atoms with Crippen LogP contribution in [0.3, 0.4) is 0 Å². The first-order valence-corrected chi connectivity index (χ1v) is 6.74. The zero-order valence-corrected chi connectivity index (χ0v) is 10.8. The van der Waals surface area contributed by atoms with E-state index in [1.54, 1.807) is 0 Å². The lowest BCUT2D eigenvalue weighted by Gasteiger charge is -2.17. The molecule has 1 fully saturated rings. The molecule has 1 heterocycles. The molecule has 16 heavy (non-hydrogen) atoms. The number of amides is 1. The summed E-state index contributed by atoms with van der Waals surface area (Å²) >= 11 is 0. The average Bonchev–Trinajstić information content (AvgIpc) is 2.70. The molecular formula is C13H26N2O. The summed E-state index contributed by atoms with van der Waals surface area (Å²) in [4.78, 5) is 13.9. The molecule has 1 aliphatic rings. The molecule has 1 amide bonds. The Morgan fingerprint density at radius 2 is 2.00 bits per heavy atom. The van der Waals surface area contributed by atoms with Crippen molar-refractivity contribution < 1.29 is 4.79 Å². The van der Waals surface area contributed by atoms with Crippen molar-refractivity contribution in [2.24, 2.45) is 0 Å². The summed E-state index contributed by atoms with van der Waals surface area (Å²) in [6.07, 6.45) is 7.35. The van der Waals surface area contributed by atoms with Crippen molar-refractivity contribution in [1.82, 2.24) is 10.2 Å². The number of nitrogens with zero attached hydrogens (tertiary/aromatic N) is 1. The summed E-state index contributed by atoms with van der Waals surface area (Å²) in [7, 11) is 0. The van der Waals surface area contributed by atoms with Gasteiger partial charge in [-0.05, 0) is 39.3 Å². The summed E-state index contributed by atoms with van der Waals surface area (Å²) in [5.74, 6) is 0.200. The van der Waals surface area contributed by atoms with Gasteiger partial charge in [0.25, 0.3) is 0 Å². The molecule has 0 aliphatic carbocycles. The van der Waals surface area contributed by atoms with Crippen LogP contribution < -0.4 is 5.32 Å². The molecule has 0 aromatic carbocycles. The second-order valence-electron chi connectivity index (χ2n) is 4.95. The Morgan fingerprint density at radius 3 is 2.62 bits per heavy atom. The number of hydrogen-bond donors (Lipinski definition) is 1. The van der Waals surface area contributed by atoms with Crippen LogP contribution in [0.25, 0.3) is 0 Å². The zero-order valence-electron chi connectivity index (χ0n) is 10.8. The van der Waals surface area contributed by atoms with Crippen LogP contribution in [0.4, 0.5) is 0 Å². The van der Waals surface area contributed by atoms with Crippen molar-refractivity contribution >= 4 is 5.91 Å². The minimum absolute atomic E-state index is 0.200. The molecule has 1 aliphatic heterocycles. The van der Waals surface area contributed by atoms with Crippen LogP contribution in [0.2, 0.25) is 0 Å². The van der Waals surface area contributed by atoms with Crippen molar-refractivity contribution in [1.29, 1.82) is 0 Å². The number of unbranched alkanes of at least 4 members (excludes halogenated alkanes) is 2. The number of carbonyl (C=O) groups excluding carboxylic acids is 1. The Balaban J connectivity index is 2.07. The number of nitrogens with one attached hydrogen (secondary N) is 1. The van der Waals surface area contributed by atoms with Gasteiger partial charge < -0.3 is 5.32 Å². The van der Waals surface area contributed by atoms with Crippen LogP contribution in [0.5, 0.6) is 0 Å². The van der Waals surface area contributed by atoms with E-state index in [1.807, 2.05) is 0 Å². The van der Waals surface area contributed by atoms with E-state index in [2.05, 4.69) is 24.1 Å². The average molecular weight is 226 g/mol. The van der Waals surface area contributed by atoms with Gasteiger partial charge in [0, 0.05) is 6.04 Å². The van der Waals surface area contributed by atoms with Gasteiger partial charge >= 0.3 is 0 Å². The highest BCUT2D eigenvalue weighted by Gasteiger charge is 2.15. The Labute approximate surface area is 99.6 Å². The maximum Gasteiger partial charge on any atom is 0.234 e. The minimum atomic E-state index is 0.200. The fourth-order valence-electron chi connectivity index (χ4n) is 2.24. The topological polar surface area (TPSA) is 32.3 Å². The standard InChI is InChI=1S/C13H26N2O/c1-3-4-5-8-12(2)14-13(16)11-15-9-6-7-10-15/h12H,3-11H2,1-2H3,(H,14,16)/t12-/m1/s1. The molecule has 0 spiro atoms. The summed E-state index contributed by atoms with van der Waals surface area (Å²) in [6, 6.07) is 0.335. The number of rotatable bonds is 7. The van der Waals surface area contributed by atoms with Gasteiger partial charge in [-0.3, -0.25) is 9.69 Å². The lowest BCUT2D eigenvalue weighted by Crippen LogP contribution is -2.40. The number of carbonyl (C=O) groups is 1. The quantitative estimate of drug-likeness (QED) is 0.675. The van der Waals surface area contributed by atoms with Gasteiger partial charge in [0.15, 0.2) is 0 Å². The van der Waals surface area contributed by atoms with E-state index in [0.717, 1.165) is 19.5 Å². The molecule has 0 aromatic heterocycles. The van der Waals surface area contributed by atoms with E-state index in [4.69, 9.17) is 0 Å². The van der Waals surface area contributed by atoms with Crippen LogP contribution in [0.1, 0.15) is 52.4 Å². The molecule has 1 N–H and O–H groups in total. The highest BCUT2D eigenvalue weighted by Crippen LogP contribution is 2.07. The van der Waals surface area contributed by atoms with E-state index in [9.17, 15) is 4.79 Å². The summed E-state index contributed by atoms with van der Waals surface area (Å²) in [6.45, 7) is 7.10. The normalized spacial score (nSPS) is 18.6. The second-order valence-corrected chi connectivity index (χ2v) is 4.95. The van der Waals surface area contributed by atoms with Gasteiger partial charge in [-0.25, -0.2) is 0 Å². The predicted molar refractivity (Wildman–Crippen MR) is 67.4 cm³/mol. The van der Waals surface area contributed by atoms with E-state index in [-0.39, 0.29) is 5.91 Å². The highest BCUT2D eigenvalue weighted by molar-refractivity contribution is 5.78. The third-order valence-electron chi connectivity index (χ3n) is 3.21. The van der Waals surface area contributed by atoms with Gasteiger partial charge in [0.2, 0.25) is 5.91 Å². The molecule has 0 bridgehead atoms. The minimum Gasteiger partial charge on any atom is -0.353 e. The Morgan fingerprint density at radius 1 is 1.31 bits per heavy atom. The largest absolute Gasteiger partial charge is 0.353 e. The van der Waals surface area contributed by atoms with E-state index in [0.29, 0.717) is 12.6 Å². The van der Waals surface area contributed by atoms with Crippen molar-refractivity contribution in [3.05, 3.63) is 0 Å². The monoisotopic (exact) mass is 226 g/mol. The van der Waals surface area contributed by atoms with Gasteiger partial charge in [-0.15, -0.1) is 0 Å². The highest BCUT2D eigenvalue weighted by atomic mass is 16.2. The van der Waals surface area contributed by atoms with Crippen molar-refractivity contribution in [2.75, 3.05) is 19.6 Å². The van der Waals surface area contributed by atoms with Gasteiger partial charge in [0.05, 0.1) is 6.54 Å². The van der Waals surface area contributed by atoms with Gasteiger partial charge in [-0.2, -0.15) is 0 Å². The maximum atomic E-state index is 11.7. The summed E-state index contributed by atoms with van der Waals surface area (Å²) in [5, 5.41) is 3.09. The Kier molecular flexibility index (Phi) is 6.46. The molecule has 3 heteroatoms. The van der Waals surface area contributed by atoms with Crippen LogP contribution in [0.15, 0.2) is 0 Å². The Bertz CT molecular complexity index is 200. The first-order valence-electron chi connectivity index (χ1n) is 6.74. The molecule has 1 saturated heterocycles. The molecule has 3 nitrogen and oxygen atoms in total. The van der Waals surface area contributed by atoms with Crippen LogP contribution >= 0.6 is 0 Å². The van der Waals surface area contributed by atoms with Crippen LogP contribution in [-0.4, -0.2) is 36.5 Å². The SMILES string of the molecule is CCCCC[C@@H](C)NC(=O)CN1CCCC1. The van der Waals surface area contributed by atoms with Crippen LogP contribution in [-0.2, 0) is 4.79 Å². The predicted octanol–water partition coefficient (Wildman–Crippen LogP) is 2.17. The Hall–Kier alpha value is -0.570. The van der Waals surface area contributed by atoms with E-state index in [1.165, 1.54) is 32.1 Å². The summed E-state index contributed by atoms with van der Waals surface area (Å²) < 4.78 is 0. The molecule has 1 rings (SSSR count). The van der Waals surface area contributed by atoms with Crippen molar-refractivity contribution in [2.45, 2.75) is 58.4 Å². The molecule has 0 saturated carbocycles. The second kappa shape index (κ2) is 7.66. The lowest BCUT2D eigenvalue weighted by atomic mass is 10.1. The molecular weight excluding hydrogens is 200 g/mol. The molecule has 1 atom stereocenters. The lowest BCUT2D eigenvalue weighted by molar-refractivity contribution is -0.122. The zero-order chi connectivity index (χ0) is 11.8. The number of hydrogen-bond acceptors (Lipinski definition) is 2. The first kappa shape index (κ1) is 13.5. The smallest absolute Gasteiger partial charge is 0.234 e. The fraction of sp³-hybridized carbons (Fsp3) is 0.923.